The molecule has 1 aromatic rings. The molecule has 0 atom stereocenters. The van der Waals surface area contributed by atoms with E-state index in [1.165, 1.54) is 17.5 Å². The van der Waals surface area contributed by atoms with Crippen LogP contribution in [0.3, 0.4) is 0 Å². The number of anilines is 1. The van der Waals surface area contributed by atoms with Crippen molar-refractivity contribution in [1.82, 2.24) is 14.7 Å². The number of aromatic nitrogens is 2. The van der Waals surface area contributed by atoms with Crippen LogP contribution in [0, 0.1) is 25.2 Å². The normalized spacial score (nSPS) is 14.3. The highest BCUT2D eigenvalue weighted by Crippen LogP contribution is 2.30. The lowest BCUT2D eigenvalue weighted by Crippen LogP contribution is -2.35. The summed E-state index contributed by atoms with van der Waals surface area (Å²) >= 11 is 0. The van der Waals surface area contributed by atoms with Gasteiger partial charge in [0.15, 0.2) is 0 Å². The number of carbonyl (C=O) groups excluding carboxylic acids is 1. The van der Waals surface area contributed by atoms with Crippen molar-refractivity contribution >= 4 is 11.6 Å². The van der Waals surface area contributed by atoms with Crippen LogP contribution in [0.1, 0.15) is 29.0 Å². The van der Waals surface area contributed by atoms with Crippen molar-refractivity contribution in [1.29, 1.82) is 0 Å². The first-order valence-electron chi connectivity index (χ1n) is 6.06. The van der Waals surface area contributed by atoms with E-state index in [9.17, 15) is 4.79 Å². The summed E-state index contributed by atoms with van der Waals surface area (Å²) in [6, 6.07) is 0. The smallest absolute Gasteiger partial charge is 0.275 e. The van der Waals surface area contributed by atoms with Crippen molar-refractivity contribution in [2.75, 3.05) is 18.8 Å². The molecule has 2 N–H and O–H groups in total. The third-order valence-corrected chi connectivity index (χ3v) is 3.22. The highest BCUT2D eigenvalue weighted by molar-refractivity contribution is 5.98. The summed E-state index contributed by atoms with van der Waals surface area (Å²) in [7, 11) is 1.72. The minimum atomic E-state index is -0.125. The Kier molecular flexibility index (Phi) is 3.28. The van der Waals surface area contributed by atoms with Crippen molar-refractivity contribution in [3.63, 3.8) is 0 Å². The van der Waals surface area contributed by atoms with Crippen molar-refractivity contribution in [3.05, 3.63) is 11.4 Å². The Morgan fingerprint density at radius 2 is 2.33 bits per heavy atom. The standard InChI is InChI=1S/C13H18N4O/c1-4-7-17(8-10-5-6-10)13(18)12-11(14)9(2)15-16(12)3/h1,10H,5-8,14H2,2-3H3. The molecular weight excluding hydrogens is 228 g/mol. The lowest BCUT2D eigenvalue weighted by atomic mass is 10.2. The highest BCUT2D eigenvalue weighted by Gasteiger charge is 2.29. The predicted molar refractivity (Wildman–Crippen MR) is 69.8 cm³/mol. The van der Waals surface area contributed by atoms with Gasteiger partial charge in [0.1, 0.15) is 5.69 Å². The fraction of sp³-hybridized carbons (Fsp3) is 0.538. The van der Waals surface area contributed by atoms with Gasteiger partial charge in [-0.1, -0.05) is 5.92 Å². The first kappa shape index (κ1) is 12.5. The number of nitrogens with zero attached hydrogens (tertiary/aromatic N) is 3. The number of hydrogen-bond donors (Lipinski definition) is 1. The van der Waals surface area contributed by atoms with Crippen molar-refractivity contribution in [2.45, 2.75) is 19.8 Å². The zero-order valence-electron chi connectivity index (χ0n) is 10.8. The van der Waals surface area contributed by atoms with Crippen LogP contribution in [-0.4, -0.2) is 33.7 Å². The van der Waals surface area contributed by atoms with Gasteiger partial charge in [-0.2, -0.15) is 5.10 Å². The van der Waals surface area contributed by atoms with Gasteiger partial charge in [0, 0.05) is 13.6 Å². The molecule has 5 heteroatoms. The average Bonchev–Trinajstić information content (AvgIpc) is 3.07. The number of rotatable bonds is 4. The summed E-state index contributed by atoms with van der Waals surface area (Å²) in [5.41, 5.74) is 7.45. The minimum Gasteiger partial charge on any atom is -0.395 e. The van der Waals surface area contributed by atoms with Crippen LogP contribution in [0.15, 0.2) is 0 Å². The Bertz CT molecular complexity index is 508. The van der Waals surface area contributed by atoms with Crippen LogP contribution in [0.4, 0.5) is 5.69 Å². The highest BCUT2D eigenvalue weighted by atomic mass is 16.2. The largest absolute Gasteiger partial charge is 0.395 e. The SMILES string of the molecule is C#CCN(CC1CC1)C(=O)c1c(N)c(C)nn1C. The Labute approximate surface area is 107 Å². The number of hydrogen-bond acceptors (Lipinski definition) is 3. The molecule has 1 saturated carbocycles. The van der Waals surface area contributed by atoms with Crippen LogP contribution < -0.4 is 5.73 Å². The lowest BCUT2D eigenvalue weighted by Gasteiger charge is -2.20. The van der Waals surface area contributed by atoms with Crippen LogP contribution in [-0.2, 0) is 7.05 Å². The second kappa shape index (κ2) is 4.73. The fourth-order valence-electron chi connectivity index (χ4n) is 2.02. The lowest BCUT2D eigenvalue weighted by molar-refractivity contribution is 0.0760. The maximum Gasteiger partial charge on any atom is 0.275 e. The van der Waals surface area contributed by atoms with Gasteiger partial charge in [-0.05, 0) is 25.7 Å². The van der Waals surface area contributed by atoms with E-state index in [4.69, 9.17) is 12.2 Å². The molecule has 0 unspecified atom stereocenters. The van der Waals surface area contributed by atoms with E-state index in [0.717, 1.165) is 0 Å². The van der Waals surface area contributed by atoms with Crippen LogP contribution in [0.25, 0.3) is 0 Å². The molecule has 96 valence electrons. The monoisotopic (exact) mass is 246 g/mol. The fourth-order valence-corrected chi connectivity index (χ4v) is 2.02. The molecule has 1 aliphatic rings. The Balaban J connectivity index is 2.23. The van der Waals surface area contributed by atoms with E-state index in [0.29, 0.717) is 36.1 Å². The molecule has 0 bridgehead atoms. The third-order valence-electron chi connectivity index (χ3n) is 3.22. The molecule has 0 radical (unpaired) electrons. The summed E-state index contributed by atoms with van der Waals surface area (Å²) in [4.78, 5) is 14.1. The Morgan fingerprint density at radius 1 is 1.67 bits per heavy atom. The molecule has 0 aromatic carbocycles. The number of carbonyl (C=O) groups is 1. The first-order valence-corrected chi connectivity index (χ1v) is 6.06. The van der Waals surface area contributed by atoms with Crippen LogP contribution in [0.2, 0.25) is 0 Å². The van der Waals surface area contributed by atoms with E-state index in [1.54, 1.807) is 18.9 Å². The second-order valence-electron chi connectivity index (χ2n) is 4.80. The molecule has 2 rings (SSSR count). The van der Waals surface area contributed by atoms with Gasteiger partial charge in [-0.15, -0.1) is 6.42 Å². The molecule has 1 heterocycles. The summed E-state index contributed by atoms with van der Waals surface area (Å²) < 4.78 is 1.53. The molecule has 0 saturated heterocycles. The van der Waals surface area contributed by atoms with E-state index in [2.05, 4.69) is 11.0 Å². The third kappa shape index (κ3) is 2.33. The molecule has 1 aliphatic carbocycles. The zero-order valence-corrected chi connectivity index (χ0v) is 10.8. The molecule has 0 aliphatic heterocycles. The van der Waals surface area contributed by atoms with Gasteiger partial charge in [0.2, 0.25) is 0 Å². The molecular formula is C13H18N4O. The Morgan fingerprint density at radius 3 is 2.78 bits per heavy atom. The Hall–Kier alpha value is -1.96. The van der Waals surface area contributed by atoms with Gasteiger partial charge in [-0.25, -0.2) is 0 Å². The molecule has 5 nitrogen and oxygen atoms in total. The molecule has 18 heavy (non-hydrogen) atoms. The van der Waals surface area contributed by atoms with Crippen molar-refractivity contribution in [2.24, 2.45) is 13.0 Å². The maximum absolute atomic E-state index is 12.4. The first-order chi connectivity index (χ1) is 8.54. The summed E-state index contributed by atoms with van der Waals surface area (Å²) in [5.74, 6) is 3.00. The topological polar surface area (TPSA) is 64.2 Å². The van der Waals surface area contributed by atoms with Crippen LogP contribution >= 0.6 is 0 Å². The number of aryl methyl sites for hydroxylation is 2. The maximum atomic E-state index is 12.4. The van der Waals surface area contributed by atoms with Gasteiger partial charge in [0.05, 0.1) is 17.9 Å². The summed E-state index contributed by atoms with van der Waals surface area (Å²) in [5, 5.41) is 4.16. The number of terminal acetylenes is 1. The quantitative estimate of drug-likeness (QED) is 0.799. The molecule has 1 fully saturated rings. The number of nitrogens with two attached hydrogens (primary N) is 1. The van der Waals surface area contributed by atoms with Gasteiger partial charge in [0.25, 0.3) is 5.91 Å². The van der Waals surface area contributed by atoms with E-state index in [-0.39, 0.29) is 5.91 Å². The van der Waals surface area contributed by atoms with Crippen LogP contribution in [0.5, 0.6) is 0 Å². The van der Waals surface area contributed by atoms with E-state index < -0.39 is 0 Å². The summed E-state index contributed by atoms with van der Waals surface area (Å²) in [6.07, 6.45) is 7.67. The summed E-state index contributed by atoms with van der Waals surface area (Å²) in [6.45, 7) is 2.82. The molecule has 1 amide bonds. The number of amides is 1. The van der Waals surface area contributed by atoms with E-state index >= 15 is 0 Å². The number of nitrogen functional groups attached to an aromatic ring is 1. The van der Waals surface area contributed by atoms with Gasteiger partial charge < -0.3 is 10.6 Å². The second-order valence-corrected chi connectivity index (χ2v) is 4.80. The van der Waals surface area contributed by atoms with Gasteiger partial charge in [-0.3, -0.25) is 9.48 Å². The predicted octanol–water partition coefficient (Wildman–Crippen LogP) is 0.796. The molecule has 1 aromatic heterocycles. The van der Waals surface area contributed by atoms with E-state index in [1.807, 2.05) is 0 Å². The van der Waals surface area contributed by atoms with Gasteiger partial charge >= 0.3 is 0 Å². The minimum absolute atomic E-state index is 0.125. The zero-order chi connectivity index (χ0) is 13.3. The average molecular weight is 246 g/mol. The van der Waals surface area contributed by atoms with Crippen molar-refractivity contribution < 1.29 is 4.79 Å². The van der Waals surface area contributed by atoms with Crippen molar-refractivity contribution in [3.8, 4) is 12.3 Å². The molecule has 0 spiro atoms.